The third-order valence-corrected chi connectivity index (χ3v) is 6.80. The fraction of sp³-hybridized carbons (Fsp3) is 0.583. The number of rotatable bonds is 1. The molecule has 0 aromatic carbocycles. The van der Waals surface area contributed by atoms with Gasteiger partial charge in [0.05, 0.1) is 16.1 Å². The normalized spacial score (nSPS) is 37.7. The van der Waals surface area contributed by atoms with E-state index >= 15 is 0 Å². The van der Waals surface area contributed by atoms with Crippen molar-refractivity contribution in [1.82, 2.24) is 4.98 Å². The monoisotopic (exact) mass is 271 g/mol. The van der Waals surface area contributed by atoms with Gasteiger partial charge in [0, 0.05) is 11.8 Å². The van der Waals surface area contributed by atoms with Gasteiger partial charge in [0.1, 0.15) is 0 Å². The summed E-state index contributed by atoms with van der Waals surface area (Å²) in [5.74, 6) is -0.603. The maximum absolute atomic E-state index is 12.8. The van der Waals surface area contributed by atoms with E-state index in [1.165, 1.54) is 18.3 Å². The van der Waals surface area contributed by atoms with Gasteiger partial charge in [-0.25, -0.2) is 13.4 Å². The highest BCUT2D eigenvalue weighted by Gasteiger charge is 2.53. The largest absolute Gasteiger partial charge is 0.385 e. The molecule has 3 heterocycles. The lowest BCUT2D eigenvalue weighted by Gasteiger charge is -2.36. The molecule has 0 radical (unpaired) electrons. The Hall–Kier alpha value is -1.01. The number of aliphatic hydroxyl groups is 1. The third kappa shape index (κ3) is 1.66. The lowest BCUT2D eigenvalue weighted by Crippen LogP contribution is -2.43. The van der Waals surface area contributed by atoms with Crippen molar-refractivity contribution in [2.24, 2.45) is 0 Å². The highest BCUT2D eigenvalue weighted by molar-refractivity contribution is 7.93. The molecule has 1 aromatic heterocycles. The standard InChI is InChI=1S/C12H14FNO3S/c13-11-4-1-8(7-14-11)12(15)5-9-2-3-10(6-12)18(9,16)17/h1,4,7,9-10,15H,2-3,5-6H2. The number of fused-ring (bicyclic) bond motifs is 2. The molecule has 0 aliphatic carbocycles. The van der Waals surface area contributed by atoms with Crippen LogP contribution in [0.1, 0.15) is 31.2 Å². The molecule has 2 atom stereocenters. The van der Waals surface area contributed by atoms with Crippen molar-refractivity contribution in [1.29, 1.82) is 0 Å². The number of aromatic nitrogens is 1. The summed E-state index contributed by atoms with van der Waals surface area (Å²) in [6.45, 7) is 0. The van der Waals surface area contributed by atoms with Crippen molar-refractivity contribution < 1.29 is 17.9 Å². The van der Waals surface area contributed by atoms with Gasteiger partial charge in [-0.3, -0.25) is 0 Å². The molecule has 2 unspecified atom stereocenters. The Morgan fingerprint density at radius 2 is 1.89 bits per heavy atom. The van der Waals surface area contributed by atoms with Gasteiger partial charge in [0.2, 0.25) is 5.95 Å². The van der Waals surface area contributed by atoms with Gasteiger partial charge < -0.3 is 5.11 Å². The van der Waals surface area contributed by atoms with Crippen LogP contribution in [0, 0.1) is 5.95 Å². The minimum absolute atomic E-state index is 0.194. The lowest BCUT2D eigenvalue weighted by atomic mass is 9.87. The Morgan fingerprint density at radius 3 is 2.39 bits per heavy atom. The van der Waals surface area contributed by atoms with E-state index in [2.05, 4.69) is 4.98 Å². The molecule has 2 bridgehead atoms. The number of pyridine rings is 1. The van der Waals surface area contributed by atoms with Crippen molar-refractivity contribution in [3.63, 3.8) is 0 Å². The zero-order valence-electron chi connectivity index (χ0n) is 9.71. The summed E-state index contributed by atoms with van der Waals surface area (Å²) in [6.07, 6.45) is 2.92. The highest BCUT2D eigenvalue weighted by atomic mass is 32.2. The lowest BCUT2D eigenvalue weighted by molar-refractivity contribution is 0.0169. The van der Waals surface area contributed by atoms with E-state index in [-0.39, 0.29) is 12.8 Å². The second-order valence-electron chi connectivity index (χ2n) is 5.22. The minimum atomic E-state index is -3.07. The summed E-state index contributed by atoms with van der Waals surface area (Å²) >= 11 is 0. The predicted octanol–water partition coefficient (Wildman–Crippen LogP) is 1.15. The molecule has 0 amide bonds. The van der Waals surface area contributed by atoms with Gasteiger partial charge in [-0.05, 0) is 31.7 Å². The van der Waals surface area contributed by atoms with Gasteiger partial charge in [-0.1, -0.05) is 6.07 Å². The maximum atomic E-state index is 12.8. The fourth-order valence-corrected chi connectivity index (χ4v) is 5.62. The van der Waals surface area contributed by atoms with E-state index in [0.717, 1.165) is 0 Å². The van der Waals surface area contributed by atoms with Crippen LogP contribution < -0.4 is 0 Å². The molecular formula is C12H14FNO3S. The summed E-state index contributed by atoms with van der Waals surface area (Å²) in [7, 11) is -3.07. The average molecular weight is 271 g/mol. The molecule has 1 aromatic rings. The van der Waals surface area contributed by atoms with Crippen LogP contribution in [0.5, 0.6) is 0 Å². The van der Waals surface area contributed by atoms with Crippen molar-refractivity contribution in [3.8, 4) is 0 Å². The summed E-state index contributed by atoms with van der Waals surface area (Å²) in [5, 5.41) is 9.69. The molecular weight excluding hydrogens is 257 g/mol. The molecule has 0 spiro atoms. The van der Waals surface area contributed by atoms with E-state index in [9.17, 15) is 17.9 Å². The first kappa shape index (κ1) is 12.0. The molecule has 1 N–H and O–H groups in total. The summed E-state index contributed by atoms with van der Waals surface area (Å²) < 4.78 is 36.7. The molecule has 2 saturated heterocycles. The van der Waals surface area contributed by atoms with E-state index in [4.69, 9.17) is 0 Å². The number of hydrogen-bond acceptors (Lipinski definition) is 4. The Bertz CT molecular complexity index is 549. The van der Waals surface area contributed by atoms with Gasteiger partial charge in [-0.2, -0.15) is 4.39 Å². The quantitative estimate of drug-likeness (QED) is 0.778. The molecule has 2 fully saturated rings. The van der Waals surface area contributed by atoms with E-state index in [1.807, 2.05) is 0 Å². The third-order valence-electron chi connectivity index (χ3n) is 4.14. The van der Waals surface area contributed by atoms with Gasteiger partial charge in [0.15, 0.2) is 9.84 Å². The Kier molecular flexibility index (Phi) is 2.50. The van der Waals surface area contributed by atoms with Crippen LogP contribution in [0.4, 0.5) is 4.39 Å². The molecule has 0 saturated carbocycles. The number of sulfone groups is 1. The molecule has 2 aliphatic heterocycles. The van der Waals surface area contributed by atoms with Crippen molar-refractivity contribution in [2.45, 2.75) is 41.8 Å². The van der Waals surface area contributed by atoms with Crippen LogP contribution in [0.25, 0.3) is 0 Å². The zero-order valence-corrected chi connectivity index (χ0v) is 10.5. The van der Waals surface area contributed by atoms with E-state index in [0.29, 0.717) is 18.4 Å². The van der Waals surface area contributed by atoms with Gasteiger partial charge >= 0.3 is 0 Å². The smallest absolute Gasteiger partial charge is 0.212 e. The highest BCUT2D eigenvalue weighted by Crippen LogP contribution is 2.47. The molecule has 6 heteroatoms. The van der Waals surface area contributed by atoms with Crippen LogP contribution in [-0.4, -0.2) is 29.0 Å². The van der Waals surface area contributed by atoms with Crippen LogP contribution >= 0.6 is 0 Å². The maximum Gasteiger partial charge on any atom is 0.212 e. The fourth-order valence-electron chi connectivity index (χ4n) is 3.13. The molecule has 3 rings (SSSR count). The Morgan fingerprint density at radius 1 is 1.28 bits per heavy atom. The van der Waals surface area contributed by atoms with Crippen LogP contribution in [0.3, 0.4) is 0 Å². The first-order valence-corrected chi connectivity index (χ1v) is 7.60. The number of nitrogens with zero attached hydrogens (tertiary/aromatic N) is 1. The van der Waals surface area contributed by atoms with Crippen molar-refractivity contribution in [3.05, 3.63) is 29.8 Å². The average Bonchev–Trinajstić information content (AvgIpc) is 2.51. The number of halogens is 1. The van der Waals surface area contributed by atoms with Crippen LogP contribution in [0.2, 0.25) is 0 Å². The summed E-state index contributed by atoms with van der Waals surface area (Å²) in [5.41, 5.74) is -0.673. The second-order valence-corrected chi connectivity index (χ2v) is 7.73. The Labute approximate surface area is 105 Å². The number of hydrogen-bond donors (Lipinski definition) is 1. The van der Waals surface area contributed by atoms with Crippen LogP contribution in [-0.2, 0) is 15.4 Å². The summed E-state index contributed by atoms with van der Waals surface area (Å²) in [4.78, 5) is 3.53. The zero-order chi connectivity index (χ0) is 13.0. The second kappa shape index (κ2) is 3.74. The van der Waals surface area contributed by atoms with Crippen molar-refractivity contribution >= 4 is 9.84 Å². The summed E-state index contributed by atoms with van der Waals surface area (Å²) in [6, 6.07) is 2.68. The topological polar surface area (TPSA) is 67.3 Å². The predicted molar refractivity (Wildman–Crippen MR) is 63.1 cm³/mol. The van der Waals surface area contributed by atoms with Crippen LogP contribution in [0.15, 0.2) is 18.3 Å². The first-order chi connectivity index (χ1) is 8.42. The SMILES string of the molecule is O=S1(=O)C2CCC1CC(O)(c1ccc(F)nc1)C2. The van der Waals surface area contributed by atoms with Gasteiger partial charge in [0.25, 0.3) is 0 Å². The first-order valence-electron chi connectivity index (χ1n) is 5.99. The molecule has 2 aliphatic rings. The molecule has 98 valence electrons. The van der Waals surface area contributed by atoms with Gasteiger partial charge in [-0.15, -0.1) is 0 Å². The molecule has 18 heavy (non-hydrogen) atoms. The Balaban J connectivity index is 1.97. The molecule has 4 nitrogen and oxygen atoms in total. The van der Waals surface area contributed by atoms with E-state index in [1.54, 1.807) is 0 Å². The van der Waals surface area contributed by atoms with E-state index < -0.39 is 31.9 Å². The van der Waals surface area contributed by atoms with Crippen molar-refractivity contribution in [2.75, 3.05) is 0 Å². The minimum Gasteiger partial charge on any atom is -0.385 e.